The van der Waals surface area contributed by atoms with Gasteiger partial charge in [-0.2, -0.15) is 0 Å². The first-order chi connectivity index (χ1) is 6.01. The van der Waals surface area contributed by atoms with Crippen molar-refractivity contribution in [3.8, 4) is 0 Å². The molecular formula is C9H15ClN2S. The van der Waals surface area contributed by atoms with E-state index in [9.17, 15) is 0 Å². The van der Waals surface area contributed by atoms with E-state index in [1.54, 1.807) is 6.20 Å². The van der Waals surface area contributed by atoms with Crippen molar-refractivity contribution in [1.29, 1.82) is 0 Å². The quantitative estimate of drug-likeness (QED) is 0.790. The van der Waals surface area contributed by atoms with Crippen LogP contribution in [0.1, 0.15) is 32.3 Å². The van der Waals surface area contributed by atoms with Crippen molar-refractivity contribution in [1.82, 2.24) is 9.97 Å². The van der Waals surface area contributed by atoms with Gasteiger partial charge >= 0.3 is 0 Å². The number of aromatic nitrogens is 2. The molecule has 0 bridgehead atoms. The third-order valence-corrected chi connectivity index (χ3v) is 3.04. The van der Waals surface area contributed by atoms with E-state index in [0.29, 0.717) is 5.88 Å². The van der Waals surface area contributed by atoms with Crippen LogP contribution in [0.15, 0.2) is 6.20 Å². The third-order valence-electron chi connectivity index (χ3n) is 1.47. The Balaban J connectivity index is 2.46. The number of rotatable bonds is 3. The highest BCUT2D eigenvalue weighted by molar-refractivity contribution is 7.99. The normalized spacial score (nSPS) is 12.0. The lowest BCUT2D eigenvalue weighted by Gasteiger charge is -2.16. The van der Waals surface area contributed by atoms with Crippen molar-refractivity contribution >= 4 is 23.4 Å². The summed E-state index contributed by atoms with van der Waals surface area (Å²) in [5.74, 6) is 2.43. The smallest absolute Gasteiger partial charge is 0.116 e. The zero-order valence-electron chi connectivity index (χ0n) is 8.22. The minimum absolute atomic E-state index is 0.286. The van der Waals surface area contributed by atoms with Crippen LogP contribution in [0.5, 0.6) is 0 Å². The van der Waals surface area contributed by atoms with Crippen molar-refractivity contribution < 1.29 is 0 Å². The van der Waals surface area contributed by atoms with Crippen LogP contribution in [0.25, 0.3) is 0 Å². The minimum atomic E-state index is 0.286. The lowest BCUT2D eigenvalue weighted by atomic mass is 10.3. The van der Waals surface area contributed by atoms with Gasteiger partial charge in [-0.05, 0) is 0 Å². The highest BCUT2D eigenvalue weighted by Gasteiger charge is 2.11. The monoisotopic (exact) mass is 218 g/mol. The first-order valence-electron chi connectivity index (χ1n) is 4.24. The topological polar surface area (TPSA) is 28.7 Å². The van der Waals surface area contributed by atoms with Gasteiger partial charge in [0.15, 0.2) is 0 Å². The molecule has 1 heterocycles. The molecule has 0 radical (unpaired) electrons. The summed E-state index contributed by atoms with van der Waals surface area (Å²) >= 11 is 7.53. The number of thioether (sulfide) groups is 1. The largest absolute Gasteiger partial charge is 0.344 e. The molecule has 1 aromatic rings. The van der Waals surface area contributed by atoms with E-state index in [2.05, 4.69) is 30.7 Å². The van der Waals surface area contributed by atoms with Gasteiger partial charge in [0.25, 0.3) is 0 Å². The Morgan fingerprint density at radius 1 is 1.54 bits per heavy atom. The van der Waals surface area contributed by atoms with Crippen LogP contribution in [0.4, 0.5) is 0 Å². The molecule has 0 saturated carbocycles. The molecule has 0 fully saturated rings. The average molecular weight is 219 g/mol. The van der Waals surface area contributed by atoms with Gasteiger partial charge < -0.3 is 4.98 Å². The van der Waals surface area contributed by atoms with Crippen molar-refractivity contribution in [2.24, 2.45) is 0 Å². The number of nitrogens with zero attached hydrogens (tertiary/aromatic N) is 1. The molecule has 1 aromatic heterocycles. The van der Waals surface area contributed by atoms with E-state index < -0.39 is 0 Å². The van der Waals surface area contributed by atoms with E-state index in [1.165, 1.54) is 0 Å². The zero-order chi connectivity index (χ0) is 9.90. The molecule has 0 spiro atoms. The van der Waals surface area contributed by atoms with Gasteiger partial charge in [-0.1, -0.05) is 20.8 Å². The number of hydrogen-bond acceptors (Lipinski definition) is 2. The minimum Gasteiger partial charge on any atom is -0.344 e. The SMILES string of the molecule is CC(C)(C)SCc1ncc(CCl)[nH]1. The predicted molar refractivity (Wildman–Crippen MR) is 59.2 cm³/mol. The van der Waals surface area contributed by atoms with Crippen LogP contribution >= 0.6 is 23.4 Å². The number of imidazole rings is 1. The Morgan fingerprint density at radius 2 is 2.23 bits per heavy atom. The van der Waals surface area contributed by atoms with E-state index in [0.717, 1.165) is 17.3 Å². The van der Waals surface area contributed by atoms with Crippen LogP contribution in [0, 0.1) is 0 Å². The maximum atomic E-state index is 5.65. The molecular weight excluding hydrogens is 204 g/mol. The maximum Gasteiger partial charge on any atom is 0.116 e. The second kappa shape index (κ2) is 4.38. The summed E-state index contributed by atoms with van der Waals surface area (Å²) < 4.78 is 0.286. The van der Waals surface area contributed by atoms with Crippen LogP contribution in [0.3, 0.4) is 0 Å². The van der Waals surface area contributed by atoms with Crippen molar-refractivity contribution in [3.63, 3.8) is 0 Å². The Kier molecular flexibility index (Phi) is 3.68. The predicted octanol–water partition coefficient (Wildman–Crippen LogP) is 3.18. The fourth-order valence-electron chi connectivity index (χ4n) is 0.832. The van der Waals surface area contributed by atoms with E-state index in [-0.39, 0.29) is 4.75 Å². The van der Waals surface area contributed by atoms with Gasteiger partial charge in [-0.25, -0.2) is 4.98 Å². The van der Waals surface area contributed by atoms with Crippen LogP contribution in [-0.2, 0) is 11.6 Å². The summed E-state index contributed by atoms with van der Waals surface area (Å²) in [5, 5.41) is 0. The second-order valence-corrected chi connectivity index (χ2v) is 5.96. The number of hydrogen-bond donors (Lipinski definition) is 1. The first kappa shape index (κ1) is 10.9. The van der Waals surface area contributed by atoms with Crippen LogP contribution in [-0.4, -0.2) is 14.7 Å². The van der Waals surface area contributed by atoms with Gasteiger partial charge in [-0.15, -0.1) is 23.4 Å². The average Bonchev–Trinajstić information content (AvgIpc) is 2.47. The first-order valence-corrected chi connectivity index (χ1v) is 5.76. The number of nitrogens with one attached hydrogen (secondary N) is 1. The molecule has 0 saturated heterocycles. The van der Waals surface area contributed by atoms with Crippen LogP contribution < -0.4 is 0 Å². The van der Waals surface area contributed by atoms with Gasteiger partial charge in [-0.3, -0.25) is 0 Å². The number of aromatic amines is 1. The summed E-state index contributed by atoms with van der Waals surface area (Å²) in [4.78, 5) is 7.40. The van der Waals surface area contributed by atoms with E-state index in [1.807, 2.05) is 11.8 Å². The molecule has 1 N–H and O–H groups in total. The molecule has 0 aliphatic rings. The van der Waals surface area contributed by atoms with E-state index >= 15 is 0 Å². The van der Waals surface area contributed by atoms with Gasteiger partial charge in [0.2, 0.25) is 0 Å². The van der Waals surface area contributed by atoms with Crippen molar-refractivity contribution in [3.05, 3.63) is 17.7 Å². The lowest BCUT2D eigenvalue weighted by molar-refractivity contribution is 0.800. The molecule has 2 nitrogen and oxygen atoms in total. The highest BCUT2D eigenvalue weighted by atomic mass is 35.5. The highest BCUT2D eigenvalue weighted by Crippen LogP contribution is 2.26. The molecule has 0 amide bonds. The van der Waals surface area contributed by atoms with Crippen molar-refractivity contribution in [2.75, 3.05) is 0 Å². The summed E-state index contributed by atoms with van der Waals surface area (Å²) in [6.45, 7) is 6.59. The number of halogens is 1. The standard InChI is InChI=1S/C9H15ClN2S/c1-9(2,3)13-6-8-11-5-7(4-10)12-8/h5H,4,6H2,1-3H3,(H,11,12). The molecule has 0 aromatic carbocycles. The van der Waals surface area contributed by atoms with Crippen molar-refractivity contribution in [2.45, 2.75) is 37.2 Å². The lowest BCUT2D eigenvalue weighted by Crippen LogP contribution is -2.07. The summed E-state index contributed by atoms with van der Waals surface area (Å²) in [6, 6.07) is 0. The van der Waals surface area contributed by atoms with Gasteiger partial charge in [0.1, 0.15) is 5.82 Å². The molecule has 0 aliphatic carbocycles. The van der Waals surface area contributed by atoms with Gasteiger partial charge in [0, 0.05) is 16.6 Å². The Morgan fingerprint density at radius 3 is 2.69 bits per heavy atom. The molecule has 4 heteroatoms. The zero-order valence-corrected chi connectivity index (χ0v) is 9.80. The molecule has 0 atom stereocenters. The maximum absolute atomic E-state index is 5.65. The molecule has 13 heavy (non-hydrogen) atoms. The molecule has 74 valence electrons. The molecule has 0 aliphatic heterocycles. The summed E-state index contributed by atoms with van der Waals surface area (Å²) in [7, 11) is 0. The number of H-pyrrole nitrogens is 1. The molecule has 0 unspecified atom stereocenters. The fraction of sp³-hybridized carbons (Fsp3) is 0.667. The Bertz CT molecular complexity index is 265. The van der Waals surface area contributed by atoms with Gasteiger partial charge in [0.05, 0.1) is 11.6 Å². The summed E-state index contributed by atoms with van der Waals surface area (Å²) in [5.41, 5.74) is 0.992. The number of alkyl halides is 1. The van der Waals surface area contributed by atoms with E-state index in [4.69, 9.17) is 11.6 Å². The Hall–Kier alpha value is -0.150. The second-order valence-electron chi connectivity index (χ2n) is 3.89. The summed E-state index contributed by atoms with van der Waals surface area (Å²) in [6.07, 6.45) is 1.80. The Labute approximate surface area is 88.5 Å². The molecule has 1 rings (SSSR count). The third kappa shape index (κ3) is 4.05. The fourth-order valence-corrected chi connectivity index (χ4v) is 1.68. The van der Waals surface area contributed by atoms with Crippen LogP contribution in [0.2, 0.25) is 0 Å².